The van der Waals surface area contributed by atoms with E-state index >= 15 is 0 Å². The van der Waals surface area contributed by atoms with Gasteiger partial charge >= 0.3 is 0 Å². The summed E-state index contributed by atoms with van der Waals surface area (Å²) < 4.78 is 22.6. The molecule has 0 radical (unpaired) electrons. The number of piperazine rings is 1. The number of amides is 1. The molecule has 2 aliphatic heterocycles. The van der Waals surface area contributed by atoms with E-state index < -0.39 is 0 Å². The number of ether oxygens (including phenoxy) is 4. The monoisotopic (exact) mass is 502 g/mol. The average molecular weight is 503 g/mol. The molecule has 2 heterocycles. The molecule has 3 aromatic carbocycles. The van der Waals surface area contributed by atoms with Gasteiger partial charge in [0.15, 0.2) is 11.5 Å². The predicted molar refractivity (Wildman–Crippen MR) is 142 cm³/mol. The van der Waals surface area contributed by atoms with Crippen molar-refractivity contribution in [2.75, 3.05) is 40.1 Å². The van der Waals surface area contributed by atoms with E-state index in [1.165, 1.54) is 5.56 Å². The number of hydrogen-bond acceptors (Lipinski definition) is 6. The average Bonchev–Trinajstić information content (AvgIpc) is 3.40. The Morgan fingerprint density at radius 2 is 1.70 bits per heavy atom. The summed E-state index contributed by atoms with van der Waals surface area (Å²) in [6.07, 6.45) is 0. The molecule has 1 saturated heterocycles. The summed E-state index contributed by atoms with van der Waals surface area (Å²) in [7, 11) is 1.64. The zero-order chi connectivity index (χ0) is 25.8. The van der Waals surface area contributed by atoms with Gasteiger partial charge in [-0.1, -0.05) is 38.1 Å². The van der Waals surface area contributed by atoms with Gasteiger partial charge in [0.1, 0.15) is 18.1 Å². The van der Waals surface area contributed by atoms with Gasteiger partial charge in [-0.15, -0.1) is 0 Å². The van der Waals surface area contributed by atoms with E-state index in [-0.39, 0.29) is 12.7 Å². The quantitative estimate of drug-likeness (QED) is 0.428. The summed E-state index contributed by atoms with van der Waals surface area (Å²) in [5.41, 5.74) is 3.85. The van der Waals surface area contributed by atoms with Crippen LogP contribution in [0.15, 0.2) is 60.7 Å². The molecule has 7 heteroatoms. The van der Waals surface area contributed by atoms with Crippen molar-refractivity contribution in [1.82, 2.24) is 9.80 Å². The normalized spacial score (nSPS) is 15.2. The Labute approximate surface area is 218 Å². The zero-order valence-corrected chi connectivity index (χ0v) is 21.7. The molecule has 3 aromatic rings. The maximum Gasteiger partial charge on any atom is 0.253 e. The largest absolute Gasteiger partial charge is 0.496 e. The highest BCUT2D eigenvalue weighted by atomic mass is 16.7. The molecule has 0 N–H and O–H groups in total. The molecule has 0 unspecified atom stereocenters. The van der Waals surface area contributed by atoms with E-state index in [0.717, 1.165) is 48.0 Å². The number of fused-ring (bicyclic) bond motifs is 1. The lowest BCUT2D eigenvalue weighted by Crippen LogP contribution is -2.48. The Bertz CT molecular complexity index is 1250. The molecule has 1 amide bonds. The second kappa shape index (κ2) is 11.1. The van der Waals surface area contributed by atoms with Gasteiger partial charge in [-0.3, -0.25) is 9.69 Å². The number of carbonyl (C=O) groups excluding carboxylic acids is 1. The number of benzene rings is 3. The first-order valence-electron chi connectivity index (χ1n) is 12.8. The molecule has 0 bridgehead atoms. The summed E-state index contributed by atoms with van der Waals surface area (Å²) in [6, 6.07) is 19.8. The van der Waals surface area contributed by atoms with Crippen molar-refractivity contribution >= 4 is 5.91 Å². The van der Waals surface area contributed by atoms with E-state index in [4.69, 9.17) is 18.9 Å². The highest BCUT2D eigenvalue weighted by Gasteiger charge is 2.24. The molecule has 37 heavy (non-hydrogen) atoms. The van der Waals surface area contributed by atoms with Crippen LogP contribution >= 0.6 is 0 Å². The van der Waals surface area contributed by atoms with Crippen LogP contribution in [0.3, 0.4) is 0 Å². The minimum atomic E-state index is 0.0363. The lowest BCUT2D eigenvalue weighted by atomic mass is 10.0. The number of hydrogen-bond donors (Lipinski definition) is 0. The summed E-state index contributed by atoms with van der Waals surface area (Å²) in [4.78, 5) is 17.6. The highest BCUT2D eigenvalue weighted by molar-refractivity contribution is 5.94. The molecular weight excluding hydrogens is 468 g/mol. The molecule has 7 nitrogen and oxygen atoms in total. The molecule has 1 fully saturated rings. The van der Waals surface area contributed by atoms with Crippen LogP contribution in [0.4, 0.5) is 0 Å². The van der Waals surface area contributed by atoms with Crippen LogP contribution in [0, 0.1) is 0 Å². The van der Waals surface area contributed by atoms with Gasteiger partial charge in [0.05, 0.1) is 7.11 Å². The van der Waals surface area contributed by atoms with Crippen LogP contribution in [0.2, 0.25) is 0 Å². The molecule has 5 rings (SSSR count). The van der Waals surface area contributed by atoms with Crippen molar-refractivity contribution in [3.63, 3.8) is 0 Å². The van der Waals surface area contributed by atoms with Gasteiger partial charge < -0.3 is 23.8 Å². The number of para-hydroxylation sites is 1. The lowest BCUT2D eigenvalue weighted by Gasteiger charge is -2.35. The van der Waals surface area contributed by atoms with Gasteiger partial charge in [0, 0.05) is 43.9 Å². The van der Waals surface area contributed by atoms with Crippen molar-refractivity contribution in [1.29, 1.82) is 0 Å². The smallest absolute Gasteiger partial charge is 0.253 e. The van der Waals surface area contributed by atoms with E-state index in [0.29, 0.717) is 36.9 Å². The molecule has 194 valence electrons. The van der Waals surface area contributed by atoms with Crippen molar-refractivity contribution < 1.29 is 23.7 Å². The first kappa shape index (κ1) is 25.0. The number of rotatable bonds is 8. The Balaban J connectivity index is 1.21. The molecule has 0 aliphatic carbocycles. The lowest BCUT2D eigenvalue weighted by molar-refractivity contribution is 0.0628. The van der Waals surface area contributed by atoms with E-state index in [2.05, 4.69) is 30.9 Å². The van der Waals surface area contributed by atoms with Crippen LogP contribution < -0.4 is 18.9 Å². The number of carbonyl (C=O) groups is 1. The van der Waals surface area contributed by atoms with Gasteiger partial charge in [0.2, 0.25) is 6.79 Å². The van der Waals surface area contributed by atoms with E-state index in [1.807, 2.05) is 53.4 Å². The standard InChI is InChI=1S/C30H34N2O5/c1-21(2)25-6-4-5-7-27(25)35-19-24-17-23(9-11-26(24)34-3)30(33)32-14-12-31(13-15-32)18-22-8-10-28-29(16-22)37-20-36-28/h4-11,16-17,21H,12-15,18-20H2,1-3H3. The van der Waals surface area contributed by atoms with Crippen LogP contribution in [-0.4, -0.2) is 55.8 Å². The summed E-state index contributed by atoms with van der Waals surface area (Å²) in [5, 5.41) is 0. The summed E-state index contributed by atoms with van der Waals surface area (Å²) in [6.45, 7) is 8.73. The van der Waals surface area contributed by atoms with Crippen molar-refractivity contribution in [3.8, 4) is 23.0 Å². The Hall–Kier alpha value is -3.71. The Morgan fingerprint density at radius 3 is 2.49 bits per heavy atom. The number of methoxy groups -OCH3 is 1. The Morgan fingerprint density at radius 1 is 0.919 bits per heavy atom. The van der Waals surface area contributed by atoms with Gasteiger partial charge in [-0.2, -0.15) is 0 Å². The van der Waals surface area contributed by atoms with Gasteiger partial charge in [0.25, 0.3) is 5.91 Å². The van der Waals surface area contributed by atoms with Gasteiger partial charge in [-0.05, 0) is 53.4 Å². The SMILES string of the molecule is COc1ccc(C(=O)N2CCN(Cc3ccc4c(c3)OCO4)CC2)cc1COc1ccccc1C(C)C. The first-order chi connectivity index (χ1) is 18.0. The third kappa shape index (κ3) is 5.67. The molecule has 0 saturated carbocycles. The van der Waals surface area contributed by atoms with Crippen molar-refractivity contribution in [2.24, 2.45) is 0 Å². The maximum atomic E-state index is 13.4. The first-order valence-corrected chi connectivity index (χ1v) is 12.8. The Kier molecular flexibility index (Phi) is 7.51. The fourth-order valence-electron chi connectivity index (χ4n) is 4.86. The predicted octanol–water partition coefficient (Wildman–Crippen LogP) is 5.08. The zero-order valence-electron chi connectivity index (χ0n) is 21.7. The van der Waals surface area contributed by atoms with Crippen LogP contribution in [0.1, 0.15) is 46.8 Å². The topological polar surface area (TPSA) is 60.5 Å². The van der Waals surface area contributed by atoms with Crippen molar-refractivity contribution in [2.45, 2.75) is 32.9 Å². The van der Waals surface area contributed by atoms with E-state index in [9.17, 15) is 4.79 Å². The fraction of sp³-hybridized carbons (Fsp3) is 0.367. The van der Waals surface area contributed by atoms with Gasteiger partial charge in [-0.25, -0.2) is 0 Å². The van der Waals surface area contributed by atoms with Crippen molar-refractivity contribution in [3.05, 3.63) is 82.9 Å². The summed E-state index contributed by atoms with van der Waals surface area (Å²) >= 11 is 0. The second-order valence-electron chi connectivity index (χ2n) is 9.76. The fourth-order valence-corrected chi connectivity index (χ4v) is 4.86. The second-order valence-corrected chi connectivity index (χ2v) is 9.76. The van der Waals surface area contributed by atoms with Crippen LogP contribution in [-0.2, 0) is 13.2 Å². The highest BCUT2D eigenvalue weighted by Crippen LogP contribution is 2.33. The van der Waals surface area contributed by atoms with E-state index in [1.54, 1.807) is 7.11 Å². The third-order valence-electron chi connectivity index (χ3n) is 6.95. The minimum Gasteiger partial charge on any atom is -0.496 e. The molecular formula is C30H34N2O5. The van der Waals surface area contributed by atoms with Crippen LogP contribution in [0.25, 0.3) is 0 Å². The minimum absolute atomic E-state index is 0.0363. The third-order valence-corrected chi connectivity index (χ3v) is 6.95. The molecule has 0 aromatic heterocycles. The van der Waals surface area contributed by atoms with Crippen LogP contribution in [0.5, 0.6) is 23.0 Å². The molecule has 0 atom stereocenters. The number of nitrogens with zero attached hydrogens (tertiary/aromatic N) is 2. The molecule has 2 aliphatic rings. The molecule has 0 spiro atoms. The summed E-state index contributed by atoms with van der Waals surface area (Å²) in [5.74, 6) is 3.57. The maximum absolute atomic E-state index is 13.4.